The van der Waals surface area contributed by atoms with Gasteiger partial charge >= 0.3 is 5.97 Å². The SMILES string of the molecule is CCOC(=O)c1ccc(N2CCCC2)nc1. The lowest BCUT2D eigenvalue weighted by Gasteiger charge is -2.15. The molecule has 86 valence electrons. The van der Waals surface area contributed by atoms with Crippen molar-refractivity contribution in [3.05, 3.63) is 23.9 Å². The van der Waals surface area contributed by atoms with E-state index < -0.39 is 0 Å². The molecule has 1 aromatic rings. The van der Waals surface area contributed by atoms with E-state index in [0.29, 0.717) is 12.2 Å². The molecule has 1 aromatic heterocycles. The van der Waals surface area contributed by atoms with E-state index in [4.69, 9.17) is 4.74 Å². The highest BCUT2D eigenvalue weighted by Gasteiger charge is 2.14. The highest BCUT2D eigenvalue weighted by Crippen LogP contribution is 2.17. The lowest BCUT2D eigenvalue weighted by molar-refractivity contribution is 0.0526. The first-order chi connectivity index (χ1) is 7.81. The van der Waals surface area contributed by atoms with Crippen LogP contribution in [0.5, 0.6) is 0 Å². The molecule has 0 bridgehead atoms. The Bertz CT molecular complexity index is 356. The van der Waals surface area contributed by atoms with Crippen LogP contribution < -0.4 is 4.90 Å². The molecule has 1 aliphatic heterocycles. The van der Waals surface area contributed by atoms with Crippen LogP contribution in [0.3, 0.4) is 0 Å². The number of anilines is 1. The maximum absolute atomic E-state index is 11.4. The summed E-state index contributed by atoms with van der Waals surface area (Å²) in [7, 11) is 0. The molecule has 4 nitrogen and oxygen atoms in total. The summed E-state index contributed by atoms with van der Waals surface area (Å²) >= 11 is 0. The van der Waals surface area contributed by atoms with Crippen LogP contribution in [0.2, 0.25) is 0 Å². The number of pyridine rings is 1. The number of hydrogen-bond donors (Lipinski definition) is 0. The molecule has 1 aliphatic rings. The van der Waals surface area contributed by atoms with Gasteiger partial charge in [0.15, 0.2) is 0 Å². The summed E-state index contributed by atoms with van der Waals surface area (Å²) in [5.41, 5.74) is 0.518. The van der Waals surface area contributed by atoms with Gasteiger partial charge in [-0.2, -0.15) is 0 Å². The summed E-state index contributed by atoms with van der Waals surface area (Å²) < 4.78 is 4.90. The Kier molecular flexibility index (Phi) is 3.39. The van der Waals surface area contributed by atoms with Crippen LogP contribution in [0.25, 0.3) is 0 Å². The minimum Gasteiger partial charge on any atom is -0.462 e. The molecule has 0 atom stereocenters. The molecule has 0 aromatic carbocycles. The van der Waals surface area contributed by atoms with E-state index in [9.17, 15) is 4.79 Å². The average Bonchev–Trinajstić information content (AvgIpc) is 2.83. The molecule has 0 aliphatic carbocycles. The largest absolute Gasteiger partial charge is 0.462 e. The first kappa shape index (κ1) is 10.9. The van der Waals surface area contributed by atoms with Crippen LogP contribution in [-0.4, -0.2) is 30.6 Å². The summed E-state index contributed by atoms with van der Waals surface area (Å²) in [6.07, 6.45) is 4.04. The zero-order valence-electron chi connectivity index (χ0n) is 9.48. The lowest BCUT2D eigenvalue weighted by Crippen LogP contribution is -2.19. The van der Waals surface area contributed by atoms with Gasteiger partial charge in [-0.25, -0.2) is 9.78 Å². The van der Waals surface area contributed by atoms with Crippen molar-refractivity contribution in [3.8, 4) is 0 Å². The number of carbonyl (C=O) groups excluding carboxylic acids is 1. The van der Waals surface area contributed by atoms with Crippen molar-refractivity contribution in [3.63, 3.8) is 0 Å². The maximum Gasteiger partial charge on any atom is 0.339 e. The third-order valence-corrected chi connectivity index (χ3v) is 2.69. The van der Waals surface area contributed by atoms with Gasteiger partial charge in [0.1, 0.15) is 5.82 Å². The number of rotatable bonds is 3. The first-order valence-electron chi connectivity index (χ1n) is 5.69. The van der Waals surface area contributed by atoms with Crippen molar-refractivity contribution in [1.29, 1.82) is 0 Å². The van der Waals surface area contributed by atoms with Crippen molar-refractivity contribution in [2.24, 2.45) is 0 Å². The van der Waals surface area contributed by atoms with Crippen LogP contribution >= 0.6 is 0 Å². The molecule has 16 heavy (non-hydrogen) atoms. The van der Waals surface area contributed by atoms with Gasteiger partial charge in [0.2, 0.25) is 0 Å². The molecular formula is C12H16N2O2. The zero-order chi connectivity index (χ0) is 11.4. The molecule has 0 unspecified atom stereocenters. The summed E-state index contributed by atoms with van der Waals surface area (Å²) in [4.78, 5) is 17.9. The van der Waals surface area contributed by atoms with E-state index in [1.165, 1.54) is 12.8 Å². The molecule has 4 heteroatoms. The monoisotopic (exact) mass is 220 g/mol. The van der Waals surface area contributed by atoms with E-state index in [1.54, 1.807) is 19.2 Å². The Morgan fingerprint density at radius 2 is 2.19 bits per heavy atom. The highest BCUT2D eigenvalue weighted by molar-refractivity contribution is 5.89. The Balaban J connectivity index is 2.06. The fraction of sp³-hybridized carbons (Fsp3) is 0.500. The Hall–Kier alpha value is -1.58. The van der Waals surface area contributed by atoms with Gasteiger partial charge in [-0.1, -0.05) is 0 Å². The van der Waals surface area contributed by atoms with E-state index in [0.717, 1.165) is 18.9 Å². The standard InChI is InChI=1S/C12H16N2O2/c1-2-16-12(15)10-5-6-11(13-9-10)14-7-3-4-8-14/h5-6,9H,2-4,7-8H2,1H3. The fourth-order valence-electron chi connectivity index (χ4n) is 1.85. The van der Waals surface area contributed by atoms with Crippen molar-refractivity contribution >= 4 is 11.8 Å². The molecule has 0 saturated carbocycles. The predicted molar refractivity (Wildman–Crippen MR) is 61.6 cm³/mol. The van der Waals surface area contributed by atoms with Crippen molar-refractivity contribution < 1.29 is 9.53 Å². The number of carbonyl (C=O) groups is 1. The predicted octanol–water partition coefficient (Wildman–Crippen LogP) is 1.86. The maximum atomic E-state index is 11.4. The number of esters is 1. The van der Waals surface area contributed by atoms with E-state index in [-0.39, 0.29) is 5.97 Å². The summed E-state index contributed by atoms with van der Waals surface area (Å²) in [6, 6.07) is 3.66. The van der Waals surface area contributed by atoms with Gasteiger partial charge in [0.25, 0.3) is 0 Å². The fourth-order valence-corrected chi connectivity index (χ4v) is 1.85. The Morgan fingerprint density at radius 3 is 2.75 bits per heavy atom. The van der Waals surface area contributed by atoms with Gasteiger partial charge in [-0.05, 0) is 31.9 Å². The zero-order valence-corrected chi connectivity index (χ0v) is 9.48. The van der Waals surface area contributed by atoms with E-state index >= 15 is 0 Å². The minimum atomic E-state index is -0.303. The van der Waals surface area contributed by atoms with Gasteiger partial charge in [0.05, 0.1) is 12.2 Å². The average molecular weight is 220 g/mol. The molecular weight excluding hydrogens is 204 g/mol. The van der Waals surface area contributed by atoms with Crippen LogP contribution in [0, 0.1) is 0 Å². The van der Waals surface area contributed by atoms with Crippen LogP contribution in [0.1, 0.15) is 30.1 Å². The molecule has 0 radical (unpaired) electrons. The second-order valence-electron chi connectivity index (χ2n) is 3.82. The van der Waals surface area contributed by atoms with Crippen molar-refractivity contribution in [1.82, 2.24) is 4.98 Å². The Labute approximate surface area is 95.2 Å². The van der Waals surface area contributed by atoms with Gasteiger partial charge < -0.3 is 9.64 Å². The molecule has 0 N–H and O–H groups in total. The topological polar surface area (TPSA) is 42.4 Å². The van der Waals surface area contributed by atoms with Gasteiger partial charge in [0, 0.05) is 19.3 Å². The van der Waals surface area contributed by atoms with E-state index in [2.05, 4.69) is 9.88 Å². The Morgan fingerprint density at radius 1 is 1.44 bits per heavy atom. The number of nitrogens with zero attached hydrogens (tertiary/aromatic N) is 2. The molecule has 1 fully saturated rings. The van der Waals surface area contributed by atoms with Crippen molar-refractivity contribution in [2.45, 2.75) is 19.8 Å². The van der Waals surface area contributed by atoms with Crippen LogP contribution in [0.15, 0.2) is 18.3 Å². The summed E-state index contributed by atoms with van der Waals surface area (Å²) in [5.74, 6) is 0.647. The van der Waals surface area contributed by atoms with E-state index in [1.807, 2.05) is 6.07 Å². The number of aromatic nitrogens is 1. The van der Waals surface area contributed by atoms with Crippen LogP contribution in [-0.2, 0) is 4.74 Å². The second kappa shape index (κ2) is 4.96. The number of ether oxygens (including phenoxy) is 1. The third kappa shape index (κ3) is 2.32. The quantitative estimate of drug-likeness (QED) is 0.729. The molecule has 2 rings (SSSR count). The summed E-state index contributed by atoms with van der Waals surface area (Å²) in [6.45, 7) is 4.31. The first-order valence-corrected chi connectivity index (χ1v) is 5.69. The molecule has 0 amide bonds. The smallest absolute Gasteiger partial charge is 0.339 e. The highest BCUT2D eigenvalue weighted by atomic mass is 16.5. The normalized spacial score (nSPS) is 15.2. The second-order valence-corrected chi connectivity index (χ2v) is 3.82. The van der Waals surface area contributed by atoms with Crippen molar-refractivity contribution in [2.75, 3.05) is 24.6 Å². The number of hydrogen-bond acceptors (Lipinski definition) is 4. The third-order valence-electron chi connectivity index (χ3n) is 2.69. The lowest BCUT2D eigenvalue weighted by atomic mass is 10.3. The summed E-state index contributed by atoms with van der Waals surface area (Å²) in [5, 5.41) is 0. The minimum absolute atomic E-state index is 0.303. The van der Waals surface area contributed by atoms with Crippen LogP contribution in [0.4, 0.5) is 5.82 Å². The molecule has 2 heterocycles. The molecule has 1 saturated heterocycles. The van der Waals surface area contributed by atoms with Gasteiger partial charge in [-0.3, -0.25) is 0 Å². The van der Waals surface area contributed by atoms with Gasteiger partial charge in [-0.15, -0.1) is 0 Å². The molecule has 0 spiro atoms.